The topological polar surface area (TPSA) is 39.2 Å². The molecule has 0 amide bonds. The predicted molar refractivity (Wildman–Crippen MR) is 63.3 cm³/mol. The van der Waals surface area contributed by atoms with Crippen molar-refractivity contribution in [1.82, 2.24) is 4.98 Å². The number of carbonyl (C=O) groups excluding carboxylic acids is 1. The van der Waals surface area contributed by atoms with Gasteiger partial charge in [0.05, 0.1) is 23.9 Å². The minimum atomic E-state index is -0.221. The molecule has 0 fully saturated rings. The highest BCUT2D eigenvalue weighted by Gasteiger charge is 2.05. The van der Waals surface area contributed by atoms with E-state index in [1.54, 1.807) is 16.8 Å². The average molecular weight is 233 g/mol. The summed E-state index contributed by atoms with van der Waals surface area (Å²) in [5.41, 5.74) is 3.84. The Balaban J connectivity index is 2.23. The third-order valence-corrected chi connectivity index (χ3v) is 3.04. The molecule has 0 aliphatic rings. The molecule has 0 N–H and O–H groups in total. The average Bonchev–Trinajstić information content (AvgIpc) is 2.83. The van der Waals surface area contributed by atoms with Gasteiger partial charge in [-0.3, -0.25) is 9.78 Å². The van der Waals surface area contributed by atoms with E-state index in [1.807, 2.05) is 30.5 Å². The number of thiazole rings is 1. The van der Waals surface area contributed by atoms with Gasteiger partial charge in [0.25, 0.3) is 0 Å². The summed E-state index contributed by atoms with van der Waals surface area (Å²) in [5.74, 6) is -0.221. The van der Waals surface area contributed by atoms with Crippen LogP contribution in [-0.2, 0) is 16.0 Å². The maximum Gasteiger partial charge on any atom is 0.309 e. The van der Waals surface area contributed by atoms with E-state index in [1.165, 1.54) is 7.11 Å². The van der Waals surface area contributed by atoms with E-state index in [0.29, 0.717) is 6.42 Å². The number of carbonyl (C=O) groups is 1. The molecular weight excluding hydrogens is 222 g/mol. The maximum atomic E-state index is 11.1. The van der Waals surface area contributed by atoms with E-state index in [0.717, 1.165) is 16.0 Å². The van der Waals surface area contributed by atoms with Crippen LogP contribution in [0.25, 0.3) is 10.4 Å². The Morgan fingerprint density at radius 2 is 2.38 bits per heavy atom. The van der Waals surface area contributed by atoms with Gasteiger partial charge >= 0.3 is 5.97 Å². The third kappa shape index (κ3) is 2.46. The van der Waals surface area contributed by atoms with E-state index in [4.69, 9.17) is 0 Å². The summed E-state index contributed by atoms with van der Waals surface area (Å²) in [7, 11) is 1.40. The second-order valence-electron chi connectivity index (χ2n) is 3.32. The van der Waals surface area contributed by atoms with Crippen LogP contribution in [0.5, 0.6) is 0 Å². The predicted octanol–water partition coefficient (Wildman–Crippen LogP) is 2.53. The lowest BCUT2D eigenvalue weighted by atomic mass is 10.1. The molecule has 2 rings (SSSR count). The Labute approximate surface area is 97.7 Å². The number of ether oxygens (including phenoxy) is 1. The number of esters is 1. The molecule has 1 heterocycles. The first-order valence-electron chi connectivity index (χ1n) is 4.84. The van der Waals surface area contributed by atoms with Crippen LogP contribution in [0.3, 0.4) is 0 Å². The first-order chi connectivity index (χ1) is 7.79. The molecule has 0 saturated carbocycles. The van der Waals surface area contributed by atoms with Crippen LogP contribution in [-0.4, -0.2) is 18.1 Å². The molecular formula is C12H11NO2S. The van der Waals surface area contributed by atoms with Crippen molar-refractivity contribution in [2.45, 2.75) is 6.42 Å². The van der Waals surface area contributed by atoms with E-state index in [-0.39, 0.29) is 5.97 Å². The largest absolute Gasteiger partial charge is 0.469 e. The lowest BCUT2D eigenvalue weighted by Gasteiger charge is -2.02. The molecule has 2 aromatic rings. The van der Waals surface area contributed by atoms with Gasteiger partial charge in [-0.1, -0.05) is 18.2 Å². The fourth-order valence-electron chi connectivity index (χ4n) is 1.43. The highest BCUT2D eigenvalue weighted by atomic mass is 32.1. The Morgan fingerprint density at radius 3 is 3.06 bits per heavy atom. The van der Waals surface area contributed by atoms with Gasteiger partial charge in [0, 0.05) is 6.20 Å². The molecule has 16 heavy (non-hydrogen) atoms. The lowest BCUT2D eigenvalue weighted by molar-refractivity contribution is -0.139. The molecule has 1 aromatic heterocycles. The zero-order chi connectivity index (χ0) is 11.4. The molecule has 0 radical (unpaired) electrons. The van der Waals surface area contributed by atoms with E-state index < -0.39 is 0 Å². The van der Waals surface area contributed by atoms with Crippen molar-refractivity contribution in [2.24, 2.45) is 0 Å². The number of benzene rings is 1. The molecule has 0 aliphatic carbocycles. The minimum absolute atomic E-state index is 0.221. The molecule has 0 atom stereocenters. The van der Waals surface area contributed by atoms with Gasteiger partial charge in [-0.15, -0.1) is 11.3 Å². The van der Waals surface area contributed by atoms with Crippen molar-refractivity contribution in [3.05, 3.63) is 41.5 Å². The molecule has 0 aliphatic heterocycles. The monoisotopic (exact) mass is 233 g/mol. The molecule has 0 bridgehead atoms. The zero-order valence-corrected chi connectivity index (χ0v) is 9.66. The number of hydrogen-bond donors (Lipinski definition) is 0. The van der Waals surface area contributed by atoms with Gasteiger partial charge in [-0.2, -0.15) is 0 Å². The van der Waals surface area contributed by atoms with Crippen molar-refractivity contribution < 1.29 is 9.53 Å². The van der Waals surface area contributed by atoms with Crippen LogP contribution in [0.4, 0.5) is 0 Å². The fourth-order valence-corrected chi connectivity index (χ4v) is 2.05. The lowest BCUT2D eigenvalue weighted by Crippen LogP contribution is -2.04. The minimum Gasteiger partial charge on any atom is -0.469 e. The highest BCUT2D eigenvalue weighted by Crippen LogP contribution is 2.23. The van der Waals surface area contributed by atoms with Crippen LogP contribution in [0.15, 0.2) is 36.0 Å². The summed E-state index contributed by atoms with van der Waals surface area (Å²) < 4.78 is 4.64. The van der Waals surface area contributed by atoms with E-state index in [2.05, 4.69) is 9.72 Å². The standard InChI is InChI=1S/C12H11NO2S/c1-15-12(14)6-9-3-2-4-10(5-9)11-7-13-8-16-11/h2-5,7-8H,6H2,1H3. The quantitative estimate of drug-likeness (QED) is 0.765. The van der Waals surface area contributed by atoms with Gasteiger partial charge in [0.2, 0.25) is 0 Å². The summed E-state index contributed by atoms with van der Waals surface area (Å²) in [4.78, 5) is 16.3. The molecule has 1 aromatic carbocycles. The number of methoxy groups -OCH3 is 1. The summed E-state index contributed by atoms with van der Waals surface area (Å²) in [5, 5.41) is 0. The molecule has 82 valence electrons. The van der Waals surface area contributed by atoms with Crippen molar-refractivity contribution in [3.8, 4) is 10.4 Å². The van der Waals surface area contributed by atoms with Crippen molar-refractivity contribution in [3.63, 3.8) is 0 Å². The van der Waals surface area contributed by atoms with E-state index >= 15 is 0 Å². The normalized spacial score (nSPS) is 10.1. The van der Waals surface area contributed by atoms with Crippen LogP contribution in [0.2, 0.25) is 0 Å². The van der Waals surface area contributed by atoms with E-state index in [9.17, 15) is 4.79 Å². The first kappa shape index (κ1) is 10.8. The number of rotatable bonds is 3. The Bertz CT molecular complexity index is 480. The number of nitrogens with zero attached hydrogens (tertiary/aromatic N) is 1. The Morgan fingerprint density at radius 1 is 1.50 bits per heavy atom. The van der Waals surface area contributed by atoms with Gasteiger partial charge < -0.3 is 4.74 Å². The van der Waals surface area contributed by atoms with Crippen molar-refractivity contribution in [2.75, 3.05) is 7.11 Å². The second-order valence-corrected chi connectivity index (χ2v) is 4.21. The number of aromatic nitrogens is 1. The first-order valence-corrected chi connectivity index (χ1v) is 5.72. The van der Waals surface area contributed by atoms with Crippen molar-refractivity contribution >= 4 is 17.3 Å². The molecule has 4 heteroatoms. The van der Waals surface area contributed by atoms with Crippen LogP contribution >= 0.6 is 11.3 Å². The number of hydrogen-bond acceptors (Lipinski definition) is 4. The summed E-state index contributed by atoms with van der Waals surface area (Å²) >= 11 is 1.58. The van der Waals surface area contributed by atoms with Gasteiger partial charge in [-0.25, -0.2) is 0 Å². The zero-order valence-electron chi connectivity index (χ0n) is 8.84. The smallest absolute Gasteiger partial charge is 0.309 e. The van der Waals surface area contributed by atoms with Crippen LogP contribution in [0.1, 0.15) is 5.56 Å². The maximum absolute atomic E-state index is 11.1. The van der Waals surface area contributed by atoms with Gasteiger partial charge in [-0.05, 0) is 17.2 Å². The SMILES string of the molecule is COC(=O)Cc1cccc(-c2cncs2)c1. The van der Waals surface area contributed by atoms with Crippen LogP contribution < -0.4 is 0 Å². The van der Waals surface area contributed by atoms with Crippen LogP contribution in [0, 0.1) is 0 Å². The summed E-state index contributed by atoms with van der Waals surface area (Å²) in [6.07, 6.45) is 2.13. The summed E-state index contributed by atoms with van der Waals surface area (Å²) in [6.45, 7) is 0. The highest BCUT2D eigenvalue weighted by molar-refractivity contribution is 7.13. The summed E-state index contributed by atoms with van der Waals surface area (Å²) in [6, 6.07) is 7.85. The second kappa shape index (κ2) is 4.90. The van der Waals surface area contributed by atoms with Crippen molar-refractivity contribution in [1.29, 1.82) is 0 Å². The van der Waals surface area contributed by atoms with Gasteiger partial charge in [0.1, 0.15) is 0 Å². The Kier molecular flexibility index (Phi) is 3.31. The molecule has 0 saturated heterocycles. The van der Waals surface area contributed by atoms with Gasteiger partial charge in [0.15, 0.2) is 0 Å². The Hall–Kier alpha value is -1.68. The molecule has 3 nitrogen and oxygen atoms in total. The molecule has 0 spiro atoms. The third-order valence-electron chi connectivity index (χ3n) is 2.22. The molecule has 0 unspecified atom stereocenters. The fraction of sp³-hybridized carbons (Fsp3) is 0.167.